The van der Waals surface area contributed by atoms with Gasteiger partial charge in [0.05, 0.1) is 31.7 Å². The van der Waals surface area contributed by atoms with Crippen molar-refractivity contribution >= 4 is 29.1 Å². The Bertz CT molecular complexity index is 847. The van der Waals surface area contributed by atoms with Crippen molar-refractivity contribution in [3.05, 3.63) is 16.9 Å². The third-order valence-corrected chi connectivity index (χ3v) is 4.87. The summed E-state index contributed by atoms with van der Waals surface area (Å²) in [6.07, 6.45) is 1.79. The van der Waals surface area contributed by atoms with E-state index in [4.69, 9.17) is 21.1 Å². The van der Waals surface area contributed by atoms with Crippen LogP contribution in [-0.2, 0) is 4.74 Å². The molecule has 0 amide bonds. The first kappa shape index (κ1) is 18.2. The van der Waals surface area contributed by atoms with E-state index < -0.39 is 12.0 Å². The van der Waals surface area contributed by atoms with Crippen molar-refractivity contribution in [2.45, 2.75) is 31.7 Å². The van der Waals surface area contributed by atoms with E-state index in [2.05, 4.69) is 25.7 Å². The zero-order valence-electron chi connectivity index (χ0n) is 14.6. The van der Waals surface area contributed by atoms with Crippen molar-refractivity contribution in [1.82, 2.24) is 19.7 Å². The number of anilines is 3. The SMILES string of the molecule is Cc1c2c(nn1C1COCCC1(F)F)OCCCNc1nc(ncc1Cl)N2. The Labute approximate surface area is 159 Å². The number of alkyl halides is 2. The molecular formula is C16H19ClF2N6O2. The standard InChI is InChI=1S/C16H19ClF2N6O2/c1-9-12-14(24-25(9)11-8-26-6-3-16(11,18)19)27-5-2-4-20-13-10(17)7-21-15(22-12)23-13/h7,11H,2-6,8H2,1H3,(H2,20,21,22,23). The monoisotopic (exact) mass is 400 g/mol. The summed E-state index contributed by atoms with van der Waals surface area (Å²) >= 11 is 6.10. The molecule has 1 fully saturated rings. The Morgan fingerprint density at radius 3 is 3.04 bits per heavy atom. The lowest BCUT2D eigenvalue weighted by molar-refractivity contribution is -0.137. The van der Waals surface area contributed by atoms with E-state index in [0.717, 1.165) is 0 Å². The van der Waals surface area contributed by atoms with Crippen LogP contribution in [0.4, 0.5) is 26.2 Å². The first-order valence-electron chi connectivity index (χ1n) is 8.66. The maximum atomic E-state index is 14.4. The number of hydrogen-bond acceptors (Lipinski definition) is 7. The summed E-state index contributed by atoms with van der Waals surface area (Å²) in [5, 5.41) is 10.8. The summed E-state index contributed by atoms with van der Waals surface area (Å²) in [7, 11) is 0. The summed E-state index contributed by atoms with van der Waals surface area (Å²) in [6, 6.07) is -1.19. The second-order valence-electron chi connectivity index (χ2n) is 6.46. The average Bonchev–Trinajstić information content (AvgIpc) is 2.91. The molecule has 27 heavy (non-hydrogen) atoms. The van der Waals surface area contributed by atoms with Crippen LogP contribution >= 0.6 is 11.6 Å². The van der Waals surface area contributed by atoms with Crippen LogP contribution in [0, 0.1) is 6.92 Å². The van der Waals surface area contributed by atoms with Crippen LogP contribution in [0.1, 0.15) is 24.6 Å². The molecule has 8 nitrogen and oxygen atoms in total. The van der Waals surface area contributed by atoms with Crippen molar-refractivity contribution in [3.63, 3.8) is 0 Å². The number of ether oxygens (including phenoxy) is 2. The highest BCUT2D eigenvalue weighted by Gasteiger charge is 2.45. The van der Waals surface area contributed by atoms with Crippen molar-refractivity contribution in [2.24, 2.45) is 0 Å². The van der Waals surface area contributed by atoms with Gasteiger partial charge in [0.1, 0.15) is 16.8 Å². The number of halogens is 3. The number of aromatic nitrogens is 4. The second-order valence-corrected chi connectivity index (χ2v) is 6.86. The fourth-order valence-corrected chi connectivity index (χ4v) is 3.25. The molecule has 0 spiro atoms. The summed E-state index contributed by atoms with van der Waals surface area (Å²) in [5.74, 6) is -1.92. The Morgan fingerprint density at radius 1 is 1.37 bits per heavy atom. The number of rotatable bonds is 1. The molecule has 1 atom stereocenters. The largest absolute Gasteiger partial charge is 0.475 e. The van der Waals surface area contributed by atoms with Crippen LogP contribution in [-0.4, -0.2) is 52.0 Å². The lowest BCUT2D eigenvalue weighted by atomic mass is 10.1. The van der Waals surface area contributed by atoms with Crippen LogP contribution in [0.3, 0.4) is 0 Å². The maximum Gasteiger partial charge on any atom is 0.274 e. The molecule has 0 radical (unpaired) electrons. The van der Waals surface area contributed by atoms with Gasteiger partial charge >= 0.3 is 0 Å². The highest BCUT2D eigenvalue weighted by Crippen LogP contribution is 2.40. The van der Waals surface area contributed by atoms with Crippen LogP contribution in [0.25, 0.3) is 0 Å². The summed E-state index contributed by atoms with van der Waals surface area (Å²) < 4.78 is 41.1. The Hall–Kier alpha value is -2.20. The van der Waals surface area contributed by atoms with E-state index in [1.807, 2.05) is 0 Å². The third kappa shape index (κ3) is 3.51. The van der Waals surface area contributed by atoms with Crippen molar-refractivity contribution in [1.29, 1.82) is 0 Å². The molecule has 2 bridgehead atoms. The number of fused-ring (bicyclic) bond motifs is 3. The van der Waals surface area contributed by atoms with Crippen molar-refractivity contribution in [3.8, 4) is 5.88 Å². The fraction of sp³-hybridized carbons (Fsp3) is 0.562. The van der Waals surface area contributed by atoms with Crippen LogP contribution in [0.2, 0.25) is 5.02 Å². The van der Waals surface area contributed by atoms with Gasteiger partial charge in [-0.25, -0.2) is 13.8 Å². The summed E-state index contributed by atoms with van der Waals surface area (Å²) in [6.45, 7) is 2.56. The van der Waals surface area contributed by atoms with E-state index in [0.29, 0.717) is 41.8 Å². The van der Waals surface area contributed by atoms with Gasteiger partial charge in [-0.2, -0.15) is 4.98 Å². The van der Waals surface area contributed by atoms with Gasteiger partial charge in [0.25, 0.3) is 11.8 Å². The molecular weight excluding hydrogens is 382 g/mol. The zero-order valence-corrected chi connectivity index (χ0v) is 15.4. The molecule has 0 aromatic carbocycles. The molecule has 0 aliphatic carbocycles. The van der Waals surface area contributed by atoms with E-state index >= 15 is 0 Å². The summed E-state index contributed by atoms with van der Waals surface area (Å²) in [4.78, 5) is 8.48. The topological polar surface area (TPSA) is 86.1 Å². The van der Waals surface area contributed by atoms with Gasteiger partial charge < -0.3 is 20.1 Å². The van der Waals surface area contributed by atoms with Gasteiger partial charge in [-0.15, -0.1) is 5.10 Å². The molecule has 0 saturated carbocycles. The molecule has 146 valence electrons. The van der Waals surface area contributed by atoms with Crippen LogP contribution in [0.15, 0.2) is 6.20 Å². The van der Waals surface area contributed by atoms with Gasteiger partial charge in [-0.05, 0) is 13.3 Å². The molecule has 2 N–H and O–H groups in total. The summed E-state index contributed by atoms with van der Waals surface area (Å²) in [5.41, 5.74) is 0.944. The van der Waals surface area contributed by atoms with E-state index in [1.165, 1.54) is 10.9 Å². The van der Waals surface area contributed by atoms with Gasteiger partial charge in [0.2, 0.25) is 5.95 Å². The fourth-order valence-electron chi connectivity index (χ4n) is 3.09. The van der Waals surface area contributed by atoms with E-state index in [-0.39, 0.29) is 31.5 Å². The molecule has 11 heteroatoms. The normalized spacial score (nSPS) is 21.9. The molecule has 1 saturated heterocycles. The molecule has 2 aromatic rings. The minimum Gasteiger partial charge on any atom is -0.475 e. The van der Waals surface area contributed by atoms with Crippen LogP contribution in [0.5, 0.6) is 5.88 Å². The van der Waals surface area contributed by atoms with E-state index in [1.54, 1.807) is 6.92 Å². The van der Waals surface area contributed by atoms with Gasteiger partial charge in [-0.1, -0.05) is 11.6 Å². The predicted octanol–water partition coefficient (Wildman–Crippen LogP) is 3.17. The minimum atomic E-state index is -2.91. The Kier molecular flexibility index (Phi) is 4.77. The lowest BCUT2D eigenvalue weighted by Crippen LogP contribution is -2.40. The maximum absolute atomic E-state index is 14.4. The minimum absolute atomic E-state index is 0.0344. The predicted molar refractivity (Wildman–Crippen MR) is 95.3 cm³/mol. The molecule has 4 heterocycles. The van der Waals surface area contributed by atoms with Crippen LogP contribution < -0.4 is 15.4 Å². The number of nitrogens with one attached hydrogen (secondary N) is 2. The Balaban J connectivity index is 1.74. The first-order chi connectivity index (χ1) is 13.0. The lowest BCUT2D eigenvalue weighted by Gasteiger charge is -2.31. The smallest absolute Gasteiger partial charge is 0.274 e. The zero-order chi connectivity index (χ0) is 19.0. The molecule has 2 aliphatic heterocycles. The van der Waals surface area contributed by atoms with Gasteiger partial charge in [0, 0.05) is 13.0 Å². The quantitative estimate of drug-likeness (QED) is 0.760. The average molecular weight is 401 g/mol. The number of hydrogen-bond donors (Lipinski definition) is 2. The van der Waals surface area contributed by atoms with Crippen molar-refractivity contribution in [2.75, 3.05) is 37.0 Å². The Morgan fingerprint density at radius 2 is 2.22 bits per heavy atom. The second kappa shape index (κ2) is 7.08. The van der Waals surface area contributed by atoms with Gasteiger partial charge in [0.15, 0.2) is 5.82 Å². The highest BCUT2D eigenvalue weighted by atomic mass is 35.5. The first-order valence-corrected chi connectivity index (χ1v) is 9.04. The molecule has 2 aliphatic rings. The molecule has 2 aromatic heterocycles. The van der Waals surface area contributed by atoms with E-state index in [9.17, 15) is 8.78 Å². The molecule has 4 rings (SSSR count). The van der Waals surface area contributed by atoms with Crippen molar-refractivity contribution < 1.29 is 18.3 Å². The third-order valence-electron chi connectivity index (χ3n) is 4.59. The van der Waals surface area contributed by atoms with Gasteiger partial charge in [-0.3, -0.25) is 4.68 Å². The molecule has 1 unspecified atom stereocenters. The highest BCUT2D eigenvalue weighted by molar-refractivity contribution is 6.32. The number of nitrogens with zero attached hydrogens (tertiary/aromatic N) is 4.